The molecule has 1 atom stereocenters. The van der Waals surface area contributed by atoms with E-state index in [1.165, 1.54) is 0 Å². The van der Waals surface area contributed by atoms with E-state index in [0.29, 0.717) is 12.5 Å². The Morgan fingerprint density at radius 3 is 2.68 bits per heavy atom. The van der Waals surface area contributed by atoms with Crippen LogP contribution in [0.3, 0.4) is 0 Å². The summed E-state index contributed by atoms with van der Waals surface area (Å²) in [5.41, 5.74) is 1.11. The normalized spacial score (nSPS) is 17.8. The molecule has 0 aliphatic carbocycles. The molecule has 0 radical (unpaired) electrons. The van der Waals surface area contributed by atoms with Crippen LogP contribution in [0.5, 0.6) is 0 Å². The summed E-state index contributed by atoms with van der Waals surface area (Å²) in [6.45, 7) is 4.98. The van der Waals surface area contributed by atoms with Crippen molar-refractivity contribution in [1.29, 1.82) is 0 Å². The molecular formula is C15H23ClN2O. The van der Waals surface area contributed by atoms with Crippen molar-refractivity contribution >= 4 is 18.3 Å². The van der Waals surface area contributed by atoms with E-state index >= 15 is 0 Å². The molecule has 1 N–H and O–H groups in total. The Hall–Kier alpha value is -1.06. The first-order chi connectivity index (χ1) is 8.81. The third-order valence-corrected chi connectivity index (χ3v) is 3.46. The van der Waals surface area contributed by atoms with Crippen LogP contribution in [0, 0.1) is 0 Å². The molecule has 1 aliphatic heterocycles. The summed E-state index contributed by atoms with van der Waals surface area (Å²) in [5, 5.41) is 3.34. The Labute approximate surface area is 121 Å². The zero-order chi connectivity index (χ0) is 12.8. The van der Waals surface area contributed by atoms with Gasteiger partial charge in [-0.05, 0) is 24.9 Å². The summed E-state index contributed by atoms with van der Waals surface area (Å²) < 4.78 is 0. The molecule has 0 aromatic heterocycles. The fourth-order valence-electron chi connectivity index (χ4n) is 2.53. The third-order valence-electron chi connectivity index (χ3n) is 3.46. The third kappa shape index (κ3) is 4.51. The molecule has 1 saturated heterocycles. The molecule has 1 unspecified atom stereocenters. The first kappa shape index (κ1) is 16.0. The van der Waals surface area contributed by atoms with Crippen LogP contribution in [0.25, 0.3) is 0 Å². The van der Waals surface area contributed by atoms with E-state index in [1.807, 2.05) is 30.3 Å². The molecule has 1 aromatic carbocycles. The van der Waals surface area contributed by atoms with Gasteiger partial charge in [-0.3, -0.25) is 4.79 Å². The molecule has 106 valence electrons. The van der Waals surface area contributed by atoms with Crippen LogP contribution < -0.4 is 5.32 Å². The fraction of sp³-hybridized carbons (Fsp3) is 0.533. The molecule has 1 aromatic rings. The predicted molar refractivity (Wildman–Crippen MR) is 80.7 cm³/mol. The lowest BCUT2D eigenvalue weighted by Gasteiger charge is -2.28. The number of nitrogens with one attached hydrogen (secondary N) is 1. The van der Waals surface area contributed by atoms with Gasteiger partial charge in [-0.15, -0.1) is 12.4 Å². The second kappa shape index (κ2) is 8.18. The lowest BCUT2D eigenvalue weighted by Crippen LogP contribution is -2.42. The van der Waals surface area contributed by atoms with E-state index in [1.54, 1.807) is 0 Å². The lowest BCUT2D eigenvalue weighted by molar-refractivity contribution is -0.132. The van der Waals surface area contributed by atoms with Gasteiger partial charge in [0.15, 0.2) is 0 Å². The minimum absolute atomic E-state index is 0. The minimum Gasteiger partial charge on any atom is -0.338 e. The van der Waals surface area contributed by atoms with Crippen LogP contribution in [0.4, 0.5) is 0 Å². The SMILES string of the molecule is CCCN(C(=O)Cc1ccccc1)C1CCNC1.Cl. The Morgan fingerprint density at radius 1 is 1.37 bits per heavy atom. The number of halogens is 1. The highest BCUT2D eigenvalue weighted by atomic mass is 35.5. The molecule has 1 fully saturated rings. The molecule has 3 nitrogen and oxygen atoms in total. The van der Waals surface area contributed by atoms with E-state index < -0.39 is 0 Å². The second-order valence-corrected chi connectivity index (χ2v) is 4.90. The Morgan fingerprint density at radius 2 is 2.11 bits per heavy atom. The summed E-state index contributed by atoms with van der Waals surface area (Å²) in [7, 11) is 0. The van der Waals surface area contributed by atoms with Gasteiger partial charge < -0.3 is 10.2 Å². The average Bonchev–Trinajstić information content (AvgIpc) is 2.90. The Bertz CT molecular complexity index is 377. The highest BCUT2D eigenvalue weighted by Crippen LogP contribution is 2.12. The molecule has 0 bridgehead atoms. The second-order valence-electron chi connectivity index (χ2n) is 4.90. The number of rotatable bonds is 5. The summed E-state index contributed by atoms with van der Waals surface area (Å²) in [6, 6.07) is 10.4. The summed E-state index contributed by atoms with van der Waals surface area (Å²) >= 11 is 0. The van der Waals surface area contributed by atoms with E-state index in [-0.39, 0.29) is 18.3 Å². The zero-order valence-corrected chi connectivity index (χ0v) is 12.3. The molecule has 2 rings (SSSR count). The number of carbonyl (C=O) groups is 1. The van der Waals surface area contributed by atoms with Gasteiger partial charge in [0.1, 0.15) is 0 Å². The van der Waals surface area contributed by atoms with Gasteiger partial charge in [0, 0.05) is 19.1 Å². The van der Waals surface area contributed by atoms with E-state index in [9.17, 15) is 4.79 Å². The van der Waals surface area contributed by atoms with Crippen LogP contribution in [0.1, 0.15) is 25.3 Å². The number of hydrogen-bond donors (Lipinski definition) is 1. The van der Waals surface area contributed by atoms with Gasteiger partial charge in [-0.2, -0.15) is 0 Å². The summed E-state index contributed by atoms with van der Waals surface area (Å²) in [4.78, 5) is 14.5. The number of carbonyl (C=O) groups excluding carboxylic acids is 1. The minimum atomic E-state index is 0. The van der Waals surface area contributed by atoms with Gasteiger partial charge in [0.05, 0.1) is 6.42 Å². The van der Waals surface area contributed by atoms with Crippen LogP contribution >= 0.6 is 12.4 Å². The molecule has 0 spiro atoms. The van der Waals surface area contributed by atoms with E-state index in [4.69, 9.17) is 0 Å². The predicted octanol–water partition coefficient (Wildman–Crippen LogP) is 2.25. The maximum Gasteiger partial charge on any atom is 0.227 e. The van der Waals surface area contributed by atoms with Gasteiger partial charge >= 0.3 is 0 Å². The van der Waals surface area contributed by atoms with Crippen LogP contribution in [0.15, 0.2) is 30.3 Å². The lowest BCUT2D eigenvalue weighted by atomic mass is 10.1. The van der Waals surface area contributed by atoms with Crippen LogP contribution in [-0.4, -0.2) is 36.5 Å². The van der Waals surface area contributed by atoms with E-state index in [0.717, 1.165) is 38.0 Å². The van der Waals surface area contributed by atoms with Gasteiger partial charge in [-0.25, -0.2) is 0 Å². The average molecular weight is 283 g/mol. The van der Waals surface area contributed by atoms with Gasteiger partial charge in [-0.1, -0.05) is 37.3 Å². The first-order valence-corrected chi connectivity index (χ1v) is 6.85. The number of nitrogens with zero attached hydrogens (tertiary/aromatic N) is 1. The summed E-state index contributed by atoms with van der Waals surface area (Å²) in [6.07, 6.45) is 2.63. The molecule has 1 aliphatic rings. The smallest absolute Gasteiger partial charge is 0.227 e. The monoisotopic (exact) mass is 282 g/mol. The fourth-order valence-corrected chi connectivity index (χ4v) is 2.53. The Balaban J connectivity index is 0.00000180. The van der Waals surface area contributed by atoms with Crippen molar-refractivity contribution in [3.8, 4) is 0 Å². The zero-order valence-electron chi connectivity index (χ0n) is 11.5. The van der Waals surface area contributed by atoms with Gasteiger partial charge in [0.2, 0.25) is 5.91 Å². The summed E-state index contributed by atoms with van der Waals surface area (Å²) in [5.74, 6) is 0.261. The highest BCUT2D eigenvalue weighted by Gasteiger charge is 2.25. The van der Waals surface area contributed by atoms with Crippen LogP contribution in [-0.2, 0) is 11.2 Å². The van der Waals surface area contributed by atoms with Crippen molar-refractivity contribution in [1.82, 2.24) is 10.2 Å². The molecule has 4 heteroatoms. The van der Waals surface area contributed by atoms with Crippen molar-refractivity contribution in [2.45, 2.75) is 32.2 Å². The quantitative estimate of drug-likeness (QED) is 0.898. The standard InChI is InChI=1S/C15H22N2O.ClH/c1-2-10-17(14-8-9-16-12-14)15(18)11-13-6-4-3-5-7-13;/h3-7,14,16H,2,8-12H2,1H3;1H. The van der Waals surface area contributed by atoms with Gasteiger partial charge in [0.25, 0.3) is 0 Å². The number of benzene rings is 1. The molecule has 19 heavy (non-hydrogen) atoms. The van der Waals surface area contributed by atoms with Crippen LogP contribution in [0.2, 0.25) is 0 Å². The number of hydrogen-bond acceptors (Lipinski definition) is 2. The van der Waals surface area contributed by atoms with Crippen molar-refractivity contribution in [3.63, 3.8) is 0 Å². The largest absolute Gasteiger partial charge is 0.338 e. The maximum absolute atomic E-state index is 12.4. The molecule has 1 amide bonds. The molecule has 0 saturated carbocycles. The Kier molecular flexibility index (Phi) is 6.89. The van der Waals surface area contributed by atoms with Crippen molar-refractivity contribution in [2.24, 2.45) is 0 Å². The van der Waals surface area contributed by atoms with Crippen molar-refractivity contribution in [3.05, 3.63) is 35.9 Å². The van der Waals surface area contributed by atoms with Crippen molar-refractivity contribution in [2.75, 3.05) is 19.6 Å². The highest BCUT2D eigenvalue weighted by molar-refractivity contribution is 5.85. The molecule has 1 heterocycles. The van der Waals surface area contributed by atoms with E-state index in [2.05, 4.69) is 17.1 Å². The topological polar surface area (TPSA) is 32.3 Å². The number of amides is 1. The van der Waals surface area contributed by atoms with Crippen molar-refractivity contribution < 1.29 is 4.79 Å². The first-order valence-electron chi connectivity index (χ1n) is 6.85. The maximum atomic E-state index is 12.4. The molecular weight excluding hydrogens is 260 g/mol.